The van der Waals surface area contributed by atoms with Crippen molar-refractivity contribution in [3.05, 3.63) is 53.6 Å². The summed E-state index contributed by atoms with van der Waals surface area (Å²) >= 11 is 5.06. The van der Waals surface area contributed by atoms with Crippen molar-refractivity contribution in [3.63, 3.8) is 0 Å². The van der Waals surface area contributed by atoms with Gasteiger partial charge in [-0.2, -0.15) is 0 Å². The summed E-state index contributed by atoms with van der Waals surface area (Å²) in [6, 6.07) is 12.3. The van der Waals surface area contributed by atoms with E-state index in [-0.39, 0.29) is 0 Å². The molecule has 0 spiro atoms. The molecule has 1 unspecified atom stereocenters. The molecule has 0 saturated heterocycles. The second-order valence-electron chi connectivity index (χ2n) is 4.69. The van der Waals surface area contributed by atoms with Crippen LogP contribution in [-0.2, 0) is 28.9 Å². The van der Waals surface area contributed by atoms with Crippen LogP contribution in [0.25, 0.3) is 11.1 Å². The number of hydrogen-bond acceptors (Lipinski definition) is 5. The number of rotatable bonds is 4. The maximum atomic E-state index is 12.4. The van der Waals surface area contributed by atoms with Crippen LogP contribution in [0.15, 0.2) is 47.4 Å². The molecule has 0 aliphatic heterocycles. The van der Waals surface area contributed by atoms with Gasteiger partial charge in [0.05, 0.1) is 24.7 Å². The van der Waals surface area contributed by atoms with Crippen molar-refractivity contribution in [1.82, 2.24) is 0 Å². The summed E-state index contributed by atoms with van der Waals surface area (Å²) in [5, 5.41) is 0. The van der Waals surface area contributed by atoms with Gasteiger partial charge in [-0.1, -0.05) is 29.8 Å². The topological polar surface area (TPSA) is 52.6 Å². The Balaban J connectivity index is 2.67. The first-order chi connectivity index (χ1) is 10.4. The first-order valence-electron chi connectivity index (χ1n) is 6.49. The number of hydrogen-bond donors (Lipinski definition) is 0. The van der Waals surface area contributed by atoms with Crippen LogP contribution in [0.3, 0.4) is 0 Å². The van der Waals surface area contributed by atoms with Gasteiger partial charge < -0.3 is 4.74 Å². The zero-order valence-electron chi connectivity index (χ0n) is 12.5. The normalized spacial score (nSPS) is 13.4. The molecule has 22 heavy (non-hydrogen) atoms. The largest absolute Gasteiger partial charge is 0.465 e. The minimum Gasteiger partial charge on any atom is -0.465 e. The molecule has 0 bridgehead atoms. The molecule has 2 aromatic carbocycles. The third-order valence-electron chi connectivity index (χ3n) is 3.22. The Morgan fingerprint density at radius 3 is 2.50 bits per heavy atom. The molecule has 0 heterocycles. The van der Waals surface area contributed by atoms with Gasteiger partial charge in [-0.3, -0.25) is 4.18 Å². The summed E-state index contributed by atoms with van der Waals surface area (Å²) in [5.74, 6) is -0.429. The summed E-state index contributed by atoms with van der Waals surface area (Å²) in [6.07, 6.45) is 0. The minimum atomic E-state index is -3.02. The maximum Gasteiger partial charge on any atom is 0.337 e. The predicted molar refractivity (Wildman–Crippen MR) is 88.7 cm³/mol. The fourth-order valence-corrected chi connectivity index (χ4v) is 3.41. The quantitative estimate of drug-likeness (QED) is 0.803. The van der Waals surface area contributed by atoms with Crippen molar-refractivity contribution >= 4 is 25.9 Å². The van der Waals surface area contributed by atoms with E-state index in [9.17, 15) is 9.00 Å². The lowest BCUT2D eigenvalue weighted by Crippen LogP contribution is -2.05. The van der Waals surface area contributed by atoms with Crippen molar-refractivity contribution in [3.8, 4) is 11.1 Å². The molecule has 2 aromatic rings. The SMILES string of the molecule is COC(=O)c1cccc(-c2cc(C)ccc2S(=O)(=S)OC)c1. The summed E-state index contributed by atoms with van der Waals surface area (Å²) in [4.78, 5) is 12.1. The molecule has 0 radical (unpaired) electrons. The average Bonchev–Trinajstić information content (AvgIpc) is 2.53. The third kappa shape index (κ3) is 3.35. The molecule has 0 amide bonds. The van der Waals surface area contributed by atoms with E-state index in [1.165, 1.54) is 14.2 Å². The van der Waals surface area contributed by atoms with Crippen LogP contribution >= 0.6 is 0 Å². The molecular weight excluding hydrogens is 320 g/mol. The van der Waals surface area contributed by atoms with Crippen LogP contribution in [0, 0.1) is 6.92 Å². The fourth-order valence-electron chi connectivity index (χ4n) is 2.11. The smallest absolute Gasteiger partial charge is 0.337 e. The first kappa shape index (κ1) is 16.6. The molecule has 0 aromatic heterocycles. The van der Waals surface area contributed by atoms with E-state index in [1.54, 1.807) is 24.3 Å². The highest BCUT2D eigenvalue weighted by molar-refractivity contribution is 8.30. The third-order valence-corrected chi connectivity index (χ3v) is 5.50. The Labute approximate surface area is 134 Å². The molecule has 0 aliphatic rings. The molecule has 116 valence electrons. The van der Waals surface area contributed by atoms with E-state index >= 15 is 0 Å². The van der Waals surface area contributed by atoms with Gasteiger partial charge in [-0.25, -0.2) is 9.00 Å². The lowest BCUT2D eigenvalue weighted by Gasteiger charge is -2.13. The van der Waals surface area contributed by atoms with Crippen molar-refractivity contribution < 1.29 is 17.9 Å². The number of esters is 1. The van der Waals surface area contributed by atoms with Gasteiger partial charge >= 0.3 is 5.97 Å². The summed E-state index contributed by atoms with van der Waals surface area (Å²) in [5.41, 5.74) is 2.83. The van der Waals surface area contributed by atoms with E-state index in [4.69, 9.17) is 20.1 Å². The highest BCUT2D eigenvalue weighted by Gasteiger charge is 2.17. The number of aryl methyl sites for hydroxylation is 1. The van der Waals surface area contributed by atoms with E-state index < -0.39 is 14.7 Å². The zero-order valence-corrected chi connectivity index (χ0v) is 14.1. The first-order valence-corrected chi connectivity index (χ1v) is 8.90. The van der Waals surface area contributed by atoms with Crippen molar-refractivity contribution in [2.45, 2.75) is 11.8 Å². The lowest BCUT2D eigenvalue weighted by molar-refractivity contribution is 0.0601. The van der Waals surface area contributed by atoms with E-state index in [2.05, 4.69) is 0 Å². The molecule has 2 rings (SSSR count). The lowest BCUT2D eigenvalue weighted by atomic mass is 10.0. The molecule has 0 saturated carbocycles. The van der Waals surface area contributed by atoms with Crippen LogP contribution in [0.2, 0.25) is 0 Å². The van der Waals surface area contributed by atoms with E-state index in [0.29, 0.717) is 16.0 Å². The van der Waals surface area contributed by atoms with E-state index in [1.807, 2.05) is 25.1 Å². The Bertz CT molecular complexity index is 811. The predicted octanol–water partition coefficient (Wildman–Crippen LogP) is 3.12. The number of benzene rings is 2. The van der Waals surface area contributed by atoms with Gasteiger partial charge in [0.1, 0.15) is 0 Å². The van der Waals surface area contributed by atoms with Crippen LogP contribution < -0.4 is 0 Å². The van der Waals surface area contributed by atoms with Crippen molar-refractivity contribution in [2.24, 2.45) is 0 Å². The Morgan fingerprint density at radius 1 is 1.14 bits per heavy atom. The zero-order chi connectivity index (χ0) is 16.3. The number of carbonyl (C=O) groups excluding carboxylic acids is 1. The summed E-state index contributed by atoms with van der Waals surface area (Å²) < 4.78 is 22.1. The van der Waals surface area contributed by atoms with Gasteiger partial charge in [-0.05, 0) is 30.7 Å². The molecule has 6 heteroatoms. The van der Waals surface area contributed by atoms with Gasteiger partial charge in [0.15, 0.2) is 8.77 Å². The molecular formula is C16H16O4S2. The van der Waals surface area contributed by atoms with Crippen molar-refractivity contribution in [2.75, 3.05) is 14.2 Å². The fraction of sp³-hybridized carbons (Fsp3) is 0.188. The van der Waals surface area contributed by atoms with Crippen LogP contribution in [0.4, 0.5) is 0 Å². The summed E-state index contributed by atoms with van der Waals surface area (Å²) in [6.45, 7) is 1.93. The van der Waals surface area contributed by atoms with E-state index in [0.717, 1.165) is 11.1 Å². The van der Waals surface area contributed by atoms with Crippen LogP contribution in [0.5, 0.6) is 0 Å². The monoisotopic (exact) mass is 336 g/mol. The Morgan fingerprint density at radius 2 is 1.86 bits per heavy atom. The second kappa shape index (κ2) is 6.56. The standard InChI is InChI=1S/C16H16O4S2/c1-11-7-8-15(22(18,21)20-3)14(9-11)12-5-4-6-13(10-12)16(17)19-2/h4-10H,1-3H3. The minimum absolute atomic E-state index is 0.417. The number of ether oxygens (including phenoxy) is 1. The van der Waals surface area contributed by atoms with Crippen molar-refractivity contribution in [1.29, 1.82) is 0 Å². The number of carbonyl (C=O) groups is 1. The van der Waals surface area contributed by atoms with Gasteiger partial charge in [0, 0.05) is 16.8 Å². The summed E-state index contributed by atoms with van der Waals surface area (Å²) in [7, 11) is -0.365. The average molecular weight is 336 g/mol. The van der Waals surface area contributed by atoms with Crippen LogP contribution in [-0.4, -0.2) is 24.4 Å². The molecule has 0 aliphatic carbocycles. The van der Waals surface area contributed by atoms with Gasteiger partial charge in [0.2, 0.25) is 0 Å². The van der Waals surface area contributed by atoms with Crippen LogP contribution in [0.1, 0.15) is 15.9 Å². The Hall–Kier alpha value is -1.76. The number of methoxy groups -OCH3 is 1. The van der Waals surface area contributed by atoms with Gasteiger partial charge in [-0.15, -0.1) is 0 Å². The highest BCUT2D eigenvalue weighted by atomic mass is 32.8. The second-order valence-corrected chi connectivity index (χ2v) is 7.69. The maximum absolute atomic E-state index is 12.4. The molecule has 1 atom stereocenters. The molecule has 4 nitrogen and oxygen atoms in total. The Kier molecular flexibility index (Phi) is 4.95. The highest BCUT2D eigenvalue weighted by Crippen LogP contribution is 2.30. The molecule has 0 N–H and O–H groups in total. The molecule has 0 fully saturated rings. The van der Waals surface area contributed by atoms with Gasteiger partial charge in [0.25, 0.3) is 0 Å².